The van der Waals surface area contributed by atoms with Crippen molar-refractivity contribution in [3.05, 3.63) is 48.5 Å². The van der Waals surface area contributed by atoms with Gasteiger partial charge in [-0.25, -0.2) is 0 Å². The molecule has 0 aliphatic heterocycles. The van der Waals surface area contributed by atoms with E-state index < -0.39 is 0 Å². The van der Waals surface area contributed by atoms with Gasteiger partial charge in [-0.15, -0.1) is 0 Å². The Balaban J connectivity index is 1.91. The second-order valence-electron chi connectivity index (χ2n) is 5.39. The van der Waals surface area contributed by atoms with Crippen LogP contribution < -0.4 is 20.3 Å². The van der Waals surface area contributed by atoms with Crippen molar-refractivity contribution in [2.75, 3.05) is 41.8 Å². The molecule has 0 unspecified atom stereocenters. The highest BCUT2D eigenvalue weighted by Crippen LogP contribution is 2.19. The lowest BCUT2D eigenvalue weighted by Crippen LogP contribution is -2.26. The highest BCUT2D eigenvalue weighted by atomic mass is 32.1. The minimum absolute atomic E-state index is 0.143. The van der Waals surface area contributed by atoms with Crippen molar-refractivity contribution in [3.8, 4) is 5.75 Å². The molecule has 0 fully saturated rings. The molecular formula is C19H25N3O2S. The Morgan fingerprint density at radius 1 is 1.00 bits per heavy atom. The van der Waals surface area contributed by atoms with E-state index in [0.29, 0.717) is 18.3 Å². The van der Waals surface area contributed by atoms with Crippen LogP contribution in [0.2, 0.25) is 0 Å². The first-order chi connectivity index (χ1) is 12.2. The molecule has 3 N–H and O–H groups in total. The number of aliphatic hydroxyl groups excluding tert-OH is 1. The fraction of sp³-hybridized carbons (Fsp3) is 0.316. The van der Waals surface area contributed by atoms with Crippen LogP contribution >= 0.6 is 12.2 Å². The van der Waals surface area contributed by atoms with Crippen LogP contribution in [-0.2, 0) is 0 Å². The molecule has 0 aromatic heterocycles. The minimum atomic E-state index is 0.143. The number of hydrogen-bond acceptors (Lipinski definition) is 4. The number of nitrogens with one attached hydrogen (secondary N) is 2. The summed E-state index contributed by atoms with van der Waals surface area (Å²) in [6.45, 7) is 6.30. The quantitative estimate of drug-likeness (QED) is 0.625. The zero-order valence-electron chi connectivity index (χ0n) is 14.7. The number of ether oxygens (including phenoxy) is 1. The summed E-state index contributed by atoms with van der Waals surface area (Å²) in [4.78, 5) is 2.11. The molecule has 2 rings (SSSR count). The predicted octanol–water partition coefficient (Wildman–Crippen LogP) is 3.71. The summed E-state index contributed by atoms with van der Waals surface area (Å²) in [7, 11) is 0. The van der Waals surface area contributed by atoms with Gasteiger partial charge >= 0.3 is 0 Å². The van der Waals surface area contributed by atoms with Gasteiger partial charge in [0.15, 0.2) is 5.11 Å². The smallest absolute Gasteiger partial charge is 0.175 e. The summed E-state index contributed by atoms with van der Waals surface area (Å²) >= 11 is 5.35. The third kappa shape index (κ3) is 5.92. The third-order valence-corrected chi connectivity index (χ3v) is 3.87. The monoisotopic (exact) mass is 359 g/mol. The van der Waals surface area contributed by atoms with E-state index in [1.807, 2.05) is 55.5 Å². The highest BCUT2D eigenvalue weighted by molar-refractivity contribution is 7.80. The van der Waals surface area contributed by atoms with Gasteiger partial charge in [0, 0.05) is 30.2 Å². The van der Waals surface area contributed by atoms with Gasteiger partial charge in [-0.3, -0.25) is 0 Å². The van der Waals surface area contributed by atoms with Crippen LogP contribution in [0.3, 0.4) is 0 Å². The summed E-state index contributed by atoms with van der Waals surface area (Å²) in [5.41, 5.74) is 2.89. The Morgan fingerprint density at radius 2 is 1.56 bits per heavy atom. The molecule has 6 heteroatoms. The number of rotatable bonds is 8. The first-order valence-electron chi connectivity index (χ1n) is 8.43. The topological polar surface area (TPSA) is 56.8 Å². The summed E-state index contributed by atoms with van der Waals surface area (Å²) in [6.07, 6.45) is 0. The van der Waals surface area contributed by atoms with Gasteiger partial charge in [-0.05, 0) is 74.6 Å². The molecule has 0 amide bonds. The van der Waals surface area contributed by atoms with Gasteiger partial charge in [0.2, 0.25) is 0 Å². The van der Waals surface area contributed by atoms with Gasteiger partial charge in [0.1, 0.15) is 5.75 Å². The Kier molecular flexibility index (Phi) is 7.50. The lowest BCUT2D eigenvalue weighted by Gasteiger charge is -2.22. The standard InChI is InChI=1S/C19H25N3O2S/c1-3-22(13-14-23)17-9-5-15(6-10-17)20-19(25)21-16-7-11-18(12-8-16)24-4-2/h5-12,23H,3-4,13-14H2,1-2H3,(H2,20,21,25). The molecule has 134 valence electrons. The fourth-order valence-electron chi connectivity index (χ4n) is 2.44. The van der Waals surface area contributed by atoms with E-state index in [1.165, 1.54) is 0 Å². The molecule has 0 aliphatic rings. The van der Waals surface area contributed by atoms with Crippen molar-refractivity contribution in [1.82, 2.24) is 0 Å². The average Bonchev–Trinajstić information content (AvgIpc) is 2.62. The number of hydrogen-bond donors (Lipinski definition) is 3. The van der Waals surface area contributed by atoms with Crippen LogP contribution in [0.4, 0.5) is 17.1 Å². The maximum atomic E-state index is 9.10. The summed E-state index contributed by atoms with van der Waals surface area (Å²) in [6, 6.07) is 15.6. The second kappa shape index (κ2) is 9.86. The number of thiocarbonyl (C=S) groups is 1. The molecule has 0 atom stereocenters. The van der Waals surface area contributed by atoms with E-state index in [9.17, 15) is 0 Å². The van der Waals surface area contributed by atoms with Gasteiger partial charge in [0.05, 0.1) is 13.2 Å². The Labute approximate surface area is 154 Å². The van der Waals surface area contributed by atoms with Crippen molar-refractivity contribution in [2.24, 2.45) is 0 Å². The van der Waals surface area contributed by atoms with Gasteiger partial charge in [-0.1, -0.05) is 0 Å². The van der Waals surface area contributed by atoms with Crippen LogP contribution in [0.15, 0.2) is 48.5 Å². The lowest BCUT2D eigenvalue weighted by atomic mass is 10.2. The van der Waals surface area contributed by atoms with E-state index in [1.54, 1.807) is 0 Å². The van der Waals surface area contributed by atoms with Crippen LogP contribution in [0, 0.1) is 0 Å². The molecule has 5 nitrogen and oxygen atoms in total. The fourth-order valence-corrected chi connectivity index (χ4v) is 2.68. The highest BCUT2D eigenvalue weighted by Gasteiger charge is 2.04. The first-order valence-corrected chi connectivity index (χ1v) is 8.83. The number of anilines is 3. The first kappa shape index (κ1) is 19.0. The van der Waals surface area contributed by atoms with Crippen molar-refractivity contribution in [1.29, 1.82) is 0 Å². The summed E-state index contributed by atoms with van der Waals surface area (Å²) in [5.74, 6) is 0.839. The van der Waals surface area contributed by atoms with Gasteiger partial charge in [-0.2, -0.15) is 0 Å². The van der Waals surface area contributed by atoms with Gasteiger partial charge < -0.3 is 25.4 Å². The van der Waals surface area contributed by atoms with E-state index in [0.717, 1.165) is 29.4 Å². The maximum Gasteiger partial charge on any atom is 0.175 e. The summed E-state index contributed by atoms with van der Waals surface area (Å²) in [5, 5.41) is 15.9. The number of aliphatic hydroxyl groups is 1. The Hall–Kier alpha value is -2.31. The molecule has 2 aromatic carbocycles. The zero-order chi connectivity index (χ0) is 18.1. The maximum absolute atomic E-state index is 9.10. The number of nitrogens with zero attached hydrogens (tertiary/aromatic N) is 1. The van der Waals surface area contributed by atoms with Crippen LogP contribution in [-0.4, -0.2) is 36.5 Å². The molecule has 25 heavy (non-hydrogen) atoms. The number of likely N-dealkylation sites (N-methyl/N-ethyl adjacent to an activating group) is 1. The molecule has 0 saturated carbocycles. The van der Waals surface area contributed by atoms with Crippen molar-refractivity contribution in [2.45, 2.75) is 13.8 Å². The van der Waals surface area contributed by atoms with Crippen LogP contribution in [0.25, 0.3) is 0 Å². The molecule has 0 radical (unpaired) electrons. The molecule has 2 aromatic rings. The molecule has 0 heterocycles. The Bertz CT molecular complexity index is 659. The van der Waals surface area contributed by atoms with E-state index in [2.05, 4.69) is 22.5 Å². The Morgan fingerprint density at radius 3 is 2.04 bits per heavy atom. The van der Waals surface area contributed by atoms with E-state index in [-0.39, 0.29) is 6.61 Å². The minimum Gasteiger partial charge on any atom is -0.494 e. The second-order valence-corrected chi connectivity index (χ2v) is 5.79. The molecule has 0 spiro atoms. The normalized spacial score (nSPS) is 10.2. The molecule has 0 aliphatic carbocycles. The zero-order valence-corrected chi connectivity index (χ0v) is 15.5. The average molecular weight is 359 g/mol. The van der Waals surface area contributed by atoms with Crippen molar-refractivity contribution < 1.29 is 9.84 Å². The SMILES string of the molecule is CCOc1ccc(NC(=S)Nc2ccc(N(CC)CCO)cc2)cc1. The van der Waals surface area contributed by atoms with E-state index in [4.69, 9.17) is 22.1 Å². The lowest BCUT2D eigenvalue weighted by molar-refractivity contribution is 0.302. The van der Waals surface area contributed by atoms with Gasteiger partial charge in [0.25, 0.3) is 0 Å². The predicted molar refractivity (Wildman–Crippen MR) is 109 cm³/mol. The molecule has 0 bridgehead atoms. The molecular weight excluding hydrogens is 334 g/mol. The largest absolute Gasteiger partial charge is 0.494 e. The van der Waals surface area contributed by atoms with Crippen molar-refractivity contribution >= 4 is 34.4 Å². The summed E-state index contributed by atoms with van der Waals surface area (Å²) < 4.78 is 5.42. The van der Waals surface area contributed by atoms with E-state index >= 15 is 0 Å². The van der Waals surface area contributed by atoms with Crippen LogP contribution in [0.1, 0.15) is 13.8 Å². The molecule has 0 saturated heterocycles. The third-order valence-electron chi connectivity index (χ3n) is 3.67. The van der Waals surface area contributed by atoms with Crippen LogP contribution in [0.5, 0.6) is 5.75 Å². The number of benzene rings is 2. The van der Waals surface area contributed by atoms with Crippen molar-refractivity contribution in [3.63, 3.8) is 0 Å².